The van der Waals surface area contributed by atoms with Crippen molar-refractivity contribution in [2.24, 2.45) is 11.3 Å². The molecule has 1 amide bonds. The minimum Gasteiger partial charge on any atom is -0.393 e. The van der Waals surface area contributed by atoms with E-state index < -0.39 is 11.6 Å². The Balaban J connectivity index is 1.27. The Morgan fingerprint density at radius 2 is 1.72 bits per heavy atom. The van der Waals surface area contributed by atoms with Crippen LogP contribution in [0, 0.1) is 28.8 Å². The van der Waals surface area contributed by atoms with Crippen LogP contribution in [0.2, 0.25) is 0 Å². The number of aliphatic hydroxyl groups excluding tert-OH is 1. The van der Waals surface area contributed by atoms with E-state index in [9.17, 15) is 23.1 Å². The fraction of sp³-hybridized carbons (Fsp3) is 0.400. The fourth-order valence-corrected chi connectivity index (χ4v) is 5.94. The van der Waals surface area contributed by atoms with Gasteiger partial charge >= 0.3 is 0 Å². The molecule has 2 saturated carbocycles. The van der Waals surface area contributed by atoms with Crippen LogP contribution in [-0.2, 0) is 4.79 Å². The van der Waals surface area contributed by atoms with E-state index in [4.69, 9.17) is 0 Å². The first-order valence-electron chi connectivity index (χ1n) is 11.1. The first-order chi connectivity index (χ1) is 15.3. The van der Waals surface area contributed by atoms with Gasteiger partial charge in [0.2, 0.25) is 5.91 Å². The number of carbonyl (C=O) groups is 1. The Bertz CT molecular complexity index is 1220. The van der Waals surface area contributed by atoms with Gasteiger partial charge in [0.15, 0.2) is 0 Å². The maximum Gasteiger partial charge on any atom is 0.225 e. The number of likely N-dealkylation sites (tertiary alicyclic amines) is 1. The number of aliphatic hydroxyl groups is 1. The molecule has 2 N–H and O–H groups in total. The Kier molecular flexibility index (Phi) is 4.25. The van der Waals surface area contributed by atoms with Gasteiger partial charge in [-0.3, -0.25) is 4.79 Å². The van der Waals surface area contributed by atoms with Crippen LogP contribution in [0.1, 0.15) is 37.2 Å². The molecular formula is C25H23F3N2O2. The number of benzene rings is 2. The lowest BCUT2D eigenvalue weighted by Crippen LogP contribution is -2.66. The lowest BCUT2D eigenvalue weighted by Gasteiger charge is -2.58. The van der Waals surface area contributed by atoms with Crippen molar-refractivity contribution in [1.29, 1.82) is 0 Å². The third kappa shape index (κ3) is 2.98. The van der Waals surface area contributed by atoms with Crippen molar-refractivity contribution >= 4 is 16.8 Å². The summed E-state index contributed by atoms with van der Waals surface area (Å²) in [7, 11) is 0. The molecule has 1 aliphatic heterocycles. The summed E-state index contributed by atoms with van der Waals surface area (Å²) in [5.41, 5.74) is 2.48. The van der Waals surface area contributed by atoms with Crippen molar-refractivity contribution in [3.63, 3.8) is 0 Å². The van der Waals surface area contributed by atoms with Crippen LogP contribution < -0.4 is 0 Å². The van der Waals surface area contributed by atoms with Crippen LogP contribution in [0.15, 0.2) is 36.4 Å². The maximum absolute atomic E-state index is 14.5. The molecule has 1 saturated heterocycles. The van der Waals surface area contributed by atoms with E-state index in [0.717, 1.165) is 24.5 Å². The Labute approximate surface area is 183 Å². The summed E-state index contributed by atoms with van der Waals surface area (Å²) < 4.78 is 42.0. The number of nitrogens with one attached hydrogen (secondary N) is 1. The molecule has 1 aromatic heterocycles. The largest absolute Gasteiger partial charge is 0.393 e. The molecule has 0 unspecified atom stereocenters. The molecular weight excluding hydrogens is 417 g/mol. The van der Waals surface area contributed by atoms with E-state index in [1.54, 1.807) is 12.1 Å². The summed E-state index contributed by atoms with van der Waals surface area (Å²) in [6.45, 7) is 1.43. The highest BCUT2D eigenvalue weighted by Crippen LogP contribution is 2.52. The molecule has 6 rings (SSSR count). The van der Waals surface area contributed by atoms with Crippen molar-refractivity contribution < 1.29 is 23.1 Å². The highest BCUT2D eigenvalue weighted by molar-refractivity contribution is 5.92. The summed E-state index contributed by atoms with van der Waals surface area (Å²) in [6, 6.07) is 8.09. The Morgan fingerprint density at radius 1 is 1.03 bits per heavy atom. The molecule has 7 heteroatoms. The zero-order valence-corrected chi connectivity index (χ0v) is 17.4. The van der Waals surface area contributed by atoms with Crippen molar-refractivity contribution in [2.45, 2.75) is 37.7 Å². The minimum atomic E-state index is -0.671. The van der Waals surface area contributed by atoms with Crippen LogP contribution >= 0.6 is 0 Å². The number of carbonyl (C=O) groups excluding carboxylic acids is 1. The van der Waals surface area contributed by atoms with Crippen molar-refractivity contribution in [1.82, 2.24) is 9.88 Å². The van der Waals surface area contributed by atoms with Gasteiger partial charge in [0.1, 0.15) is 17.5 Å². The van der Waals surface area contributed by atoms with Crippen molar-refractivity contribution in [3.8, 4) is 11.3 Å². The van der Waals surface area contributed by atoms with Gasteiger partial charge in [0.05, 0.1) is 17.3 Å². The smallest absolute Gasteiger partial charge is 0.225 e. The van der Waals surface area contributed by atoms with E-state index in [0.29, 0.717) is 42.6 Å². The van der Waals surface area contributed by atoms with Gasteiger partial charge in [-0.2, -0.15) is 0 Å². The number of nitrogens with zero attached hydrogens (tertiary/aromatic N) is 1. The molecule has 3 fully saturated rings. The third-order valence-corrected chi connectivity index (χ3v) is 7.59. The fourth-order valence-electron chi connectivity index (χ4n) is 5.94. The summed E-state index contributed by atoms with van der Waals surface area (Å²) in [6.07, 6.45) is 2.55. The second-order valence-corrected chi connectivity index (χ2v) is 9.85. The zero-order chi connectivity index (χ0) is 22.2. The predicted molar refractivity (Wildman–Crippen MR) is 113 cm³/mol. The quantitative estimate of drug-likeness (QED) is 0.619. The number of H-pyrrole nitrogens is 1. The number of hydrogen-bond acceptors (Lipinski definition) is 2. The molecule has 0 bridgehead atoms. The normalized spacial score (nSPS) is 24.3. The molecule has 4 nitrogen and oxygen atoms in total. The van der Waals surface area contributed by atoms with Crippen LogP contribution in [0.4, 0.5) is 13.2 Å². The molecule has 2 heterocycles. The molecule has 2 aliphatic carbocycles. The highest BCUT2D eigenvalue weighted by atomic mass is 19.1. The van der Waals surface area contributed by atoms with Gasteiger partial charge in [-0.1, -0.05) is 0 Å². The topological polar surface area (TPSA) is 56.3 Å². The summed E-state index contributed by atoms with van der Waals surface area (Å²) in [5.74, 6) is -1.68. The first-order valence-corrected chi connectivity index (χ1v) is 11.1. The predicted octanol–water partition coefficient (Wildman–Crippen LogP) is 4.73. The molecule has 0 atom stereocenters. The number of halogens is 3. The van der Waals surface area contributed by atoms with Gasteiger partial charge in [-0.05, 0) is 73.1 Å². The van der Waals surface area contributed by atoms with Gasteiger partial charge in [-0.15, -0.1) is 0 Å². The lowest BCUT2D eigenvalue weighted by atomic mass is 9.61. The van der Waals surface area contributed by atoms with Crippen LogP contribution in [0.25, 0.3) is 22.2 Å². The second kappa shape index (κ2) is 6.85. The SMILES string of the molecule is O=C(C1CC(c2c(-c3ccc(F)cc3)[nH]c3c(F)cc(F)cc23)C1)N1CC2(CC(O)C2)C1. The number of rotatable bonds is 3. The summed E-state index contributed by atoms with van der Waals surface area (Å²) >= 11 is 0. The van der Waals surface area contributed by atoms with E-state index in [1.807, 2.05) is 4.90 Å². The van der Waals surface area contributed by atoms with Crippen LogP contribution in [0.3, 0.4) is 0 Å². The molecule has 2 aromatic carbocycles. The number of amides is 1. The number of fused-ring (bicyclic) bond motifs is 1. The Morgan fingerprint density at radius 3 is 2.38 bits per heavy atom. The number of aromatic amines is 1. The molecule has 32 heavy (non-hydrogen) atoms. The highest BCUT2D eigenvalue weighted by Gasteiger charge is 2.54. The van der Waals surface area contributed by atoms with Crippen LogP contribution in [-0.4, -0.2) is 40.1 Å². The van der Waals surface area contributed by atoms with E-state index in [2.05, 4.69) is 4.98 Å². The van der Waals surface area contributed by atoms with Gasteiger partial charge in [0.25, 0.3) is 0 Å². The van der Waals surface area contributed by atoms with E-state index in [-0.39, 0.29) is 40.6 Å². The molecule has 3 aliphatic rings. The van der Waals surface area contributed by atoms with Crippen molar-refractivity contribution in [3.05, 3.63) is 59.4 Å². The van der Waals surface area contributed by atoms with Gasteiger partial charge in [0, 0.05) is 35.9 Å². The average Bonchev–Trinajstić information content (AvgIpc) is 3.02. The minimum absolute atomic E-state index is 0.0142. The zero-order valence-electron chi connectivity index (χ0n) is 17.4. The van der Waals surface area contributed by atoms with Gasteiger partial charge in [-0.25, -0.2) is 13.2 Å². The number of aromatic nitrogens is 1. The molecule has 1 spiro atoms. The Hall–Kier alpha value is -2.80. The first kappa shape index (κ1) is 19.9. The van der Waals surface area contributed by atoms with Crippen LogP contribution in [0.5, 0.6) is 0 Å². The number of hydrogen-bond donors (Lipinski definition) is 2. The standard InChI is InChI=1S/C25H23F3N2O2/c26-16-3-1-13(2-4-16)22-21(19-7-17(27)8-20(28)23(19)29-22)14-5-15(6-14)24(32)30-11-25(12-30)9-18(31)10-25/h1-4,7-8,14-15,18,29,31H,5-6,9-12H2. The molecule has 3 aromatic rings. The van der Waals surface area contributed by atoms with E-state index in [1.165, 1.54) is 18.2 Å². The van der Waals surface area contributed by atoms with Gasteiger partial charge < -0.3 is 15.0 Å². The average molecular weight is 440 g/mol. The molecule has 0 radical (unpaired) electrons. The summed E-state index contributed by atoms with van der Waals surface area (Å²) in [4.78, 5) is 17.8. The lowest BCUT2D eigenvalue weighted by molar-refractivity contribution is -0.169. The maximum atomic E-state index is 14.5. The van der Waals surface area contributed by atoms with E-state index >= 15 is 0 Å². The third-order valence-electron chi connectivity index (χ3n) is 7.59. The summed E-state index contributed by atoms with van der Waals surface area (Å²) in [5, 5.41) is 10.0. The second-order valence-electron chi connectivity index (χ2n) is 9.85. The monoisotopic (exact) mass is 440 g/mol. The van der Waals surface area contributed by atoms with Crippen molar-refractivity contribution in [2.75, 3.05) is 13.1 Å². The molecule has 166 valence electrons.